The molecule has 0 fully saturated rings. The molecule has 1 aromatic carbocycles. The summed E-state index contributed by atoms with van der Waals surface area (Å²) in [6, 6.07) is 7.77. The maximum absolute atomic E-state index is 12.6. The second kappa shape index (κ2) is 5.83. The molecule has 5 nitrogen and oxygen atoms in total. The molecule has 0 bridgehead atoms. The van der Waals surface area contributed by atoms with E-state index in [9.17, 15) is 4.79 Å². The highest BCUT2D eigenvalue weighted by Gasteiger charge is 2.14. The highest BCUT2D eigenvalue weighted by molar-refractivity contribution is 6.05. The predicted octanol–water partition coefficient (Wildman–Crippen LogP) is 2.82. The van der Waals surface area contributed by atoms with Crippen LogP contribution in [0.25, 0.3) is 10.9 Å². The van der Waals surface area contributed by atoms with Crippen molar-refractivity contribution in [3.8, 4) is 0 Å². The third-order valence-corrected chi connectivity index (χ3v) is 4.10. The van der Waals surface area contributed by atoms with E-state index >= 15 is 0 Å². The molecule has 0 aliphatic carbocycles. The van der Waals surface area contributed by atoms with Crippen LogP contribution in [0.15, 0.2) is 30.5 Å². The monoisotopic (exact) mass is 308 g/mol. The number of fused-ring (bicyclic) bond motifs is 1. The number of aromatic nitrogens is 3. The molecule has 0 aliphatic rings. The van der Waals surface area contributed by atoms with Crippen LogP contribution in [0.5, 0.6) is 0 Å². The van der Waals surface area contributed by atoms with Crippen molar-refractivity contribution in [3.05, 3.63) is 58.8 Å². The van der Waals surface area contributed by atoms with Crippen LogP contribution < -0.4 is 5.32 Å². The van der Waals surface area contributed by atoms with E-state index in [2.05, 4.69) is 15.3 Å². The van der Waals surface area contributed by atoms with Crippen molar-refractivity contribution in [2.24, 2.45) is 7.05 Å². The number of benzene rings is 1. The molecule has 2 heterocycles. The second-order valence-corrected chi connectivity index (χ2v) is 5.77. The molecule has 0 radical (unpaired) electrons. The maximum atomic E-state index is 12.6. The van der Waals surface area contributed by atoms with E-state index in [4.69, 9.17) is 0 Å². The number of nitrogens with one attached hydrogen (secondary N) is 1. The average molecular weight is 308 g/mol. The first-order valence-electron chi connectivity index (χ1n) is 7.60. The molecule has 0 saturated carbocycles. The fraction of sp³-hybridized carbons (Fsp3) is 0.278. The third kappa shape index (κ3) is 2.82. The number of carbonyl (C=O) groups is 1. The number of hydrogen-bond acceptors (Lipinski definition) is 3. The van der Waals surface area contributed by atoms with Gasteiger partial charge in [-0.3, -0.25) is 4.79 Å². The summed E-state index contributed by atoms with van der Waals surface area (Å²) in [5, 5.41) is 4.05. The fourth-order valence-corrected chi connectivity index (χ4v) is 2.97. The van der Waals surface area contributed by atoms with Gasteiger partial charge in [0.25, 0.3) is 5.91 Å². The molecule has 2 aromatic heterocycles. The summed E-state index contributed by atoms with van der Waals surface area (Å²) in [7, 11) is 1.95. The van der Waals surface area contributed by atoms with Crippen LogP contribution in [0.2, 0.25) is 0 Å². The summed E-state index contributed by atoms with van der Waals surface area (Å²) in [4.78, 5) is 21.4. The first-order chi connectivity index (χ1) is 11.0. The number of hydrogen-bond donors (Lipinski definition) is 1. The average Bonchev–Trinajstić information content (AvgIpc) is 2.87. The lowest BCUT2D eigenvalue weighted by atomic mass is 10.1. The van der Waals surface area contributed by atoms with Crippen LogP contribution in [-0.4, -0.2) is 20.4 Å². The van der Waals surface area contributed by atoms with Gasteiger partial charge >= 0.3 is 0 Å². The Kier molecular flexibility index (Phi) is 3.86. The van der Waals surface area contributed by atoms with Crippen molar-refractivity contribution in [2.45, 2.75) is 27.3 Å². The molecular weight excluding hydrogens is 288 g/mol. The molecule has 1 N–H and O–H groups in total. The Morgan fingerprint density at radius 3 is 2.52 bits per heavy atom. The van der Waals surface area contributed by atoms with Crippen LogP contribution in [0.4, 0.5) is 0 Å². The molecular formula is C18H20N4O. The molecule has 118 valence electrons. The van der Waals surface area contributed by atoms with Crippen molar-refractivity contribution in [2.75, 3.05) is 0 Å². The molecule has 3 aromatic rings. The molecule has 0 unspecified atom stereocenters. The smallest absolute Gasteiger partial charge is 0.253 e. The molecule has 3 rings (SSSR count). The zero-order valence-corrected chi connectivity index (χ0v) is 13.8. The van der Waals surface area contributed by atoms with Gasteiger partial charge in [0.2, 0.25) is 0 Å². The molecule has 23 heavy (non-hydrogen) atoms. The van der Waals surface area contributed by atoms with Gasteiger partial charge in [0, 0.05) is 42.1 Å². The summed E-state index contributed by atoms with van der Waals surface area (Å²) in [6.07, 6.45) is 1.96. The van der Waals surface area contributed by atoms with E-state index in [-0.39, 0.29) is 5.91 Å². The number of para-hydroxylation sites is 1. The van der Waals surface area contributed by atoms with Crippen LogP contribution in [0, 0.1) is 20.8 Å². The van der Waals surface area contributed by atoms with Gasteiger partial charge in [-0.05, 0) is 32.9 Å². The molecule has 1 amide bonds. The number of nitrogens with zero attached hydrogens (tertiary/aromatic N) is 3. The van der Waals surface area contributed by atoms with Gasteiger partial charge in [-0.25, -0.2) is 9.97 Å². The summed E-state index contributed by atoms with van der Waals surface area (Å²) in [5.74, 6) is 0.667. The van der Waals surface area contributed by atoms with Crippen LogP contribution >= 0.6 is 0 Å². The Labute approximate surface area is 135 Å². The maximum Gasteiger partial charge on any atom is 0.253 e. The van der Waals surface area contributed by atoms with E-state index in [1.54, 1.807) is 0 Å². The first-order valence-corrected chi connectivity index (χ1v) is 7.60. The Morgan fingerprint density at radius 1 is 1.13 bits per heavy atom. The number of carbonyl (C=O) groups excluding carboxylic acids is 1. The zero-order chi connectivity index (χ0) is 16.6. The van der Waals surface area contributed by atoms with E-state index in [1.165, 1.54) is 0 Å². The minimum Gasteiger partial charge on any atom is -0.350 e. The molecule has 5 heteroatoms. The summed E-state index contributed by atoms with van der Waals surface area (Å²) in [6.45, 7) is 6.19. The van der Waals surface area contributed by atoms with Gasteiger partial charge in [-0.1, -0.05) is 12.1 Å². The first kappa shape index (κ1) is 15.2. The van der Waals surface area contributed by atoms with Gasteiger partial charge in [0.15, 0.2) is 0 Å². The number of rotatable bonds is 3. The Morgan fingerprint density at radius 2 is 1.83 bits per heavy atom. The lowest BCUT2D eigenvalue weighted by Crippen LogP contribution is -2.25. The summed E-state index contributed by atoms with van der Waals surface area (Å²) in [5.41, 5.74) is 4.42. The predicted molar refractivity (Wildman–Crippen MR) is 90.3 cm³/mol. The molecule has 0 spiro atoms. The molecule has 0 atom stereocenters. The highest BCUT2D eigenvalue weighted by Crippen LogP contribution is 2.19. The largest absolute Gasteiger partial charge is 0.350 e. The summed E-state index contributed by atoms with van der Waals surface area (Å²) >= 11 is 0. The molecule has 0 aliphatic heterocycles. The Hall–Kier alpha value is -2.69. The van der Waals surface area contributed by atoms with Gasteiger partial charge in [0.05, 0.1) is 11.1 Å². The minimum atomic E-state index is -0.0863. The van der Waals surface area contributed by atoms with E-state index in [0.29, 0.717) is 12.1 Å². The topological polar surface area (TPSA) is 59.8 Å². The van der Waals surface area contributed by atoms with Crippen LogP contribution in [0.1, 0.15) is 33.1 Å². The molecule has 0 saturated heterocycles. The Bertz CT molecular complexity index is 872. The van der Waals surface area contributed by atoms with Gasteiger partial charge < -0.3 is 9.88 Å². The number of aryl methyl sites for hydroxylation is 4. The van der Waals surface area contributed by atoms with Crippen molar-refractivity contribution in [1.29, 1.82) is 0 Å². The minimum absolute atomic E-state index is 0.0863. The van der Waals surface area contributed by atoms with Crippen molar-refractivity contribution >= 4 is 16.8 Å². The van der Waals surface area contributed by atoms with E-state index < -0.39 is 0 Å². The zero-order valence-electron chi connectivity index (χ0n) is 13.8. The van der Waals surface area contributed by atoms with Gasteiger partial charge in [0.1, 0.15) is 5.82 Å². The van der Waals surface area contributed by atoms with E-state index in [1.807, 2.05) is 62.8 Å². The highest BCUT2D eigenvalue weighted by atomic mass is 16.1. The third-order valence-electron chi connectivity index (χ3n) is 4.10. The lowest BCUT2D eigenvalue weighted by Gasteiger charge is -2.12. The van der Waals surface area contributed by atoms with Crippen molar-refractivity contribution < 1.29 is 4.79 Å². The van der Waals surface area contributed by atoms with Crippen LogP contribution in [0.3, 0.4) is 0 Å². The van der Waals surface area contributed by atoms with Gasteiger partial charge in [-0.15, -0.1) is 0 Å². The lowest BCUT2D eigenvalue weighted by molar-refractivity contribution is 0.0952. The van der Waals surface area contributed by atoms with Crippen LogP contribution in [-0.2, 0) is 13.6 Å². The summed E-state index contributed by atoms with van der Waals surface area (Å²) < 4.78 is 1.97. The Balaban J connectivity index is 1.86. The van der Waals surface area contributed by atoms with E-state index in [0.717, 1.165) is 33.7 Å². The van der Waals surface area contributed by atoms with Crippen molar-refractivity contribution in [3.63, 3.8) is 0 Å². The second-order valence-electron chi connectivity index (χ2n) is 5.77. The fourth-order valence-electron chi connectivity index (χ4n) is 2.97. The quantitative estimate of drug-likeness (QED) is 0.809. The van der Waals surface area contributed by atoms with Gasteiger partial charge in [-0.2, -0.15) is 0 Å². The van der Waals surface area contributed by atoms with Crippen molar-refractivity contribution in [1.82, 2.24) is 19.9 Å². The number of amides is 1. The normalized spacial score (nSPS) is 11.0. The standard InChI is InChI=1S/C18H20N4O/c1-11-16(12(2)21-13(3)20-11)10-19-18(23)15-7-5-6-14-8-9-22(4)17(14)15/h5-9H,10H2,1-4H3,(H,19,23). The SMILES string of the molecule is Cc1nc(C)c(CNC(=O)c2cccc3ccn(C)c23)c(C)n1.